The maximum absolute atomic E-state index is 6.22. The number of nitrogens with zero attached hydrogens (tertiary/aromatic N) is 3. The molecule has 0 saturated heterocycles. The first kappa shape index (κ1) is 13.6. The maximum atomic E-state index is 6.22. The first-order valence-electron chi connectivity index (χ1n) is 7.45. The van der Waals surface area contributed by atoms with Crippen LogP contribution in [0.15, 0.2) is 12.5 Å². The van der Waals surface area contributed by atoms with E-state index in [0.29, 0.717) is 12.0 Å². The predicted molar refractivity (Wildman–Crippen MR) is 84.0 cm³/mol. The van der Waals surface area contributed by atoms with E-state index in [1.807, 2.05) is 12.5 Å². The van der Waals surface area contributed by atoms with E-state index in [1.165, 1.54) is 37.1 Å². The van der Waals surface area contributed by atoms with E-state index in [0.717, 1.165) is 16.4 Å². The van der Waals surface area contributed by atoms with Crippen molar-refractivity contribution in [1.29, 1.82) is 0 Å². The van der Waals surface area contributed by atoms with E-state index in [2.05, 4.69) is 23.4 Å². The lowest BCUT2D eigenvalue weighted by Crippen LogP contribution is -2.05. The number of anilines is 1. The first-order valence-corrected chi connectivity index (χ1v) is 8.27. The van der Waals surface area contributed by atoms with Gasteiger partial charge in [-0.25, -0.2) is 9.97 Å². The minimum atomic E-state index is 0.367. The number of imidazole rings is 1. The van der Waals surface area contributed by atoms with Gasteiger partial charge in [0.25, 0.3) is 0 Å². The van der Waals surface area contributed by atoms with Crippen molar-refractivity contribution in [3.05, 3.63) is 17.5 Å². The van der Waals surface area contributed by atoms with Crippen LogP contribution in [0.2, 0.25) is 0 Å². The Morgan fingerprint density at radius 2 is 2.05 bits per heavy atom. The molecule has 108 valence electrons. The van der Waals surface area contributed by atoms with Crippen molar-refractivity contribution in [2.75, 3.05) is 5.73 Å². The number of aromatic nitrogens is 3. The van der Waals surface area contributed by atoms with Crippen molar-refractivity contribution in [2.45, 2.75) is 57.9 Å². The second-order valence-electron chi connectivity index (χ2n) is 5.88. The van der Waals surface area contributed by atoms with E-state index < -0.39 is 0 Å². The molecule has 1 aliphatic carbocycles. The zero-order valence-electron chi connectivity index (χ0n) is 12.2. The fraction of sp³-hybridized carbons (Fsp3) is 0.600. The summed E-state index contributed by atoms with van der Waals surface area (Å²) < 4.78 is 2.13. The Morgan fingerprint density at radius 3 is 2.75 bits per heavy atom. The summed E-state index contributed by atoms with van der Waals surface area (Å²) in [5, 5.41) is 2.04. The lowest BCUT2D eigenvalue weighted by molar-refractivity contribution is 0.442. The van der Waals surface area contributed by atoms with Crippen molar-refractivity contribution in [3.63, 3.8) is 0 Å². The molecule has 2 heterocycles. The lowest BCUT2D eigenvalue weighted by Gasteiger charge is -2.18. The molecule has 3 rings (SSSR count). The molecule has 0 spiro atoms. The standard InChI is InChI=1S/C15H22N4S/c1-10(2)19-9-17-8-12(19)13-14(16)20-15(18-13)11-6-4-3-5-7-11/h8-11H,3-7,16H2,1-2H3. The minimum absolute atomic E-state index is 0.367. The quantitative estimate of drug-likeness (QED) is 0.921. The van der Waals surface area contributed by atoms with Crippen molar-refractivity contribution in [3.8, 4) is 11.4 Å². The number of hydrogen-bond acceptors (Lipinski definition) is 4. The highest BCUT2D eigenvalue weighted by molar-refractivity contribution is 7.16. The van der Waals surface area contributed by atoms with E-state index >= 15 is 0 Å². The highest BCUT2D eigenvalue weighted by Crippen LogP contribution is 2.39. The van der Waals surface area contributed by atoms with Crippen molar-refractivity contribution < 1.29 is 0 Å². The molecule has 2 N–H and O–H groups in total. The second kappa shape index (κ2) is 5.56. The fourth-order valence-electron chi connectivity index (χ4n) is 2.96. The third-order valence-corrected chi connectivity index (χ3v) is 5.14. The smallest absolute Gasteiger partial charge is 0.123 e. The molecule has 1 fully saturated rings. The lowest BCUT2D eigenvalue weighted by atomic mass is 9.90. The van der Waals surface area contributed by atoms with Crippen molar-refractivity contribution >= 4 is 16.3 Å². The van der Waals surface area contributed by atoms with Gasteiger partial charge >= 0.3 is 0 Å². The van der Waals surface area contributed by atoms with Crippen LogP contribution in [0, 0.1) is 0 Å². The zero-order valence-corrected chi connectivity index (χ0v) is 13.0. The summed E-state index contributed by atoms with van der Waals surface area (Å²) in [6.07, 6.45) is 10.3. The number of nitrogen functional groups attached to an aromatic ring is 1. The summed E-state index contributed by atoms with van der Waals surface area (Å²) in [7, 11) is 0. The average molecular weight is 290 g/mol. The molecule has 2 aromatic rings. The van der Waals surface area contributed by atoms with Gasteiger partial charge in [0.05, 0.1) is 23.2 Å². The number of hydrogen-bond donors (Lipinski definition) is 1. The van der Waals surface area contributed by atoms with E-state index in [1.54, 1.807) is 11.3 Å². The molecule has 1 aliphatic rings. The summed E-state index contributed by atoms with van der Waals surface area (Å²) in [6, 6.07) is 0.367. The average Bonchev–Trinajstić information content (AvgIpc) is 3.05. The monoisotopic (exact) mass is 290 g/mol. The molecule has 0 atom stereocenters. The number of thiazole rings is 1. The van der Waals surface area contributed by atoms with Crippen LogP contribution in [-0.4, -0.2) is 14.5 Å². The van der Waals surface area contributed by atoms with Gasteiger partial charge in [0.2, 0.25) is 0 Å². The predicted octanol–water partition coefficient (Wildman–Crippen LogP) is 4.22. The molecule has 0 bridgehead atoms. The Kier molecular flexibility index (Phi) is 3.78. The summed E-state index contributed by atoms with van der Waals surface area (Å²) in [5.74, 6) is 0.611. The Morgan fingerprint density at radius 1 is 1.30 bits per heavy atom. The molecule has 5 heteroatoms. The van der Waals surface area contributed by atoms with Gasteiger partial charge in [0.15, 0.2) is 0 Å². The van der Waals surface area contributed by atoms with Gasteiger partial charge in [-0.1, -0.05) is 19.3 Å². The van der Waals surface area contributed by atoms with Crippen LogP contribution in [0.5, 0.6) is 0 Å². The zero-order chi connectivity index (χ0) is 14.1. The van der Waals surface area contributed by atoms with Gasteiger partial charge in [0, 0.05) is 12.0 Å². The Balaban J connectivity index is 1.94. The molecule has 0 radical (unpaired) electrons. The molecule has 1 saturated carbocycles. The topological polar surface area (TPSA) is 56.7 Å². The second-order valence-corrected chi connectivity index (χ2v) is 6.94. The SMILES string of the molecule is CC(C)n1cncc1-c1nc(C2CCCCC2)sc1N. The molecule has 20 heavy (non-hydrogen) atoms. The third kappa shape index (κ3) is 2.46. The van der Waals surface area contributed by atoms with Crippen LogP contribution in [0.3, 0.4) is 0 Å². The van der Waals surface area contributed by atoms with Gasteiger partial charge in [-0.2, -0.15) is 0 Å². The van der Waals surface area contributed by atoms with E-state index in [-0.39, 0.29) is 0 Å². The highest BCUT2D eigenvalue weighted by Gasteiger charge is 2.22. The fourth-order valence-corrected chi connectivity index (χ4v) is 3.97. The van der Waals surface area contributed by atoms with Gasteiger partial charge in [-0.15, -0.1) is 11.3 Å². The summed E-state index contributed by atoms with van der Waals surface area (Å²) >= 11 is 1.67. The van der Waals surface area contributed by atoms with Crippen molar-refractivity contribution in [1.82, 2.24) is 14.5 Å². The molecule has 0 aliphatic heterocycles. The molecular weight excluding hydrogens is 268 g/mol. The van der Waals surface area contributed by atoms with Crippen LogP contribution < -0.4 is 5.73 Å². The summed E-state index contributed by atoms with van der Waals surface area (Å²) in [5.41, 5.74) is 8.18. The van der Waals surface area contributed by atoms with Gasteiger partial charge in [-0.3, -0.25) is 0 Å². The van der Waals surface area contributed by atoms with Crippen LogP contribution in [0.1, 0.15) is 62.9 Å². The van der Waals surface area contributed by atoms with Crippen LogP contribution in [0.25, 0.3) is 11.4 Å². The molecule has 2 aromatic heterocycles. The van der Waals surface area contributed by atoms with Crippen LogP contribution in [-0.2, 0) is 0 Å². The molecule has 4 nitrogen and oxygen atoms in total. The first-order chi connectivity index (χ1) is 9.66. The molecule has 0 unspecified atom stereocenters. The van der Waals surface area contributed by atoms with Crippen LogP contribution in [0.4, 0.5) is 5.00 Å². The van der Waals surface area contributed by atoms with Gasteiger partial charge in [0.1, 0.15) is 10.7 Å². The van der Waals surface area contributed by atoms with Gasteiger partial charge in [-0.05, 0) is 26.7 Å². The summed E-state index contributed by atoms with van der Waals surface area (Å²) in [6.45, 7) is 4.30. The van der Waals surface area contributed by atoms with Crippen LogP contribution >= 0.6 is 11.3 Å². The Hall–Kier alpha value is -1.36. The summed E-state index contributed by atoms with van der Waals surface area (Å²) in [4.78, 5) is 9.11. The maximum Gasteiger partial charge on any atom is 0.123 e. The number of nitrogens with two attached hydrogens (primary N) is 1. The van der Waals surface area contributed by atoms with Gasteiger partial charge < -0.3 is 10.3 Å². The van der Waals surface area contributed by atoms with E-state index in [4.69, 9.17) is 10.7 Å². The molecule has 0 aromatic carbocycles. The third-order valence-electron chi connectivity index (χ3n) is 4.09. The molecule has 0 amide bonds. The normalized spacial score (nSPS) is 16.9. The highest BCUT2D eigenvalue weighted by atomic mass is 32.1. The Labute approximate surface area is 124 Å². The largest absolute Gasteiger partial charge is 0.389 e. The van der Waals surface area contributed by atoms with E-state index in [9.17, 15) is 0 Å². The minimum Gasteiger partial charge on any atom is -0.389 e. The molecular formula is C15H22N4S. The Bertz CT molecular complexity index is 578. The van der Waals surface area contributed by atoms with Crippen molar-refractivity contribution in [2.24, 2.45) is 0 Å². The number of rotatable bonds is 3.